The van der Waals surface area contributed by atoms with Crippen molar-refractivity contribution in [3.8, 4) is 11.5 Å². The highest BCUT2D eigenvalue weighted by molar-refractivity contribution is 7.99. The molecule has 6 heteroatoms. The van der Waals surface area contributed by atoms with E-state index < -0.39 is 0 Å². The highest BCUT2D eigenvalue weighted by Gasteiger charge is 2.05. The number of carbonyl (C=O) groups is 1. The number of rotatable bonds is 6. The van der Waals surface area contributed by atoms with Crippen LogP contribution in [0.2, 0.25) is 0 Å². The molecule has 3 rings (SSSR count). The normalized spacial score (nSPS) is 10.3. The Morgan fingerprint density at radius 1 is 1.09 bits per heavy atom. The lowest BCUT2D eigenvalue weighted by atomic mass is 10.3. The van der Waals surface area contributed by atoms with Gasteiger partial charge in [-0.3, -0.25) is 4.79 Å². The molecule has 0 spiro atoms. The van der Waals surface area contributed by atoms with Crippen LogP contribution in [0.1, 0.15) is 0 Å². The van der Waals surface area contributed by atoms with Gasteiger partial charge in [0.1, 0.15) is 11.5 Å². The molecule has 1 aromatic heterocycles. The van der Waals surface area contributed by atoms with Crippen LogP contribution in [-0.4, -0.2) is 21.6 Å². The molecule has 23 heavy (non-hydrogen) atoms. The van der Waals surface area contributed by atoms with Gasteiger partial charge in [0, 0.05) is 18.1 Å². The first kappa shape index (κ1) is 15.2. The molecule has 1 amide bonds. The molecule has 3 aromatic rings. The van der Waals surface area contributed by atoms with Crippen molar-refractivity contribution in [3.63, 3.8) is 0 Å². The van der Waals surface area contributed by atoms with Gasteiger partial charge < -0.3 is 15.0 Å². The quantitative estimate of drug-likeness (QED) is 0.674. The molecule has 0 unspecified atom stereocenters. The summed E-state index contributed by atoms with van der Waals surface area (Å²) in [4.78, 5) is 18.9. The minimum atomic E-state index is -0.0804. The van der Waals surface area contributed by atoms with Gasteiger partial charge in [-0.15, -0.1) is 0 Å². The summed E-state index contributed by atoms with van der Waals surface area (Å²) < 4.78 is 5.71. The number of aromatic nitrogens is 2. The molecule has 5 nitrogen and oxygen atoms in total. The number of nitrogens with one attached hydrogen (secondary N) is 2. The number of benzene rings is 2. The van der Waals surface area contributed by atoms with Crippen molar-refractivity contribution in [1.29, 1.82) is 0 Å². The van der Waals surface area contributed by atoms with E-state index in [1.807, 2.05) is 54.6 Å². The zero-order valence-electron chi connectivity index (χ0n) is 12.2. The van der Waals surface area contributed by atoms with E-state index in [9.17, 15) is 4.79 Å². The van der Waals surface area contributed by atoms with E-state index in [1.165, 1.54) is 11.8 Å². The lowest BCUT2D eigenvalue weighted by molar-refractivity contribution is -0.113. The Bertz CT molecular complexity index is 743. The van der Waals surface area contributed by atoms with Gasteiger partial charge in [-0.25, -0.2) is 4.98 Å². The molecule has 0 aliphatic carbocycles. The first-order valence-electron chi connectivity index (χ1n) is 7.04. The smallest absolute Gasteiger partial charge is 0.234 e. The van der Waals surface area contributed by atoms with E-state index in [0.717, 1.165) is 22.3 Å². The first-order valence-corrected chi connectivity index (χ1v) is 8.03. The van der Waals surface area contributed by atoms with Crippen LogP contribution < -0.4 is 10.1 Å². The molecule has 0 aliphatic heterocycles. The molecule has 0 radical (unpaired) electrons. The number of hydrogen-bond donors (Lipinski definition) is 2. The van der Waals surface area contributed by atoms with Crippen molar-refractivity contribution in [2.24, 2.45) is 0 Å². The molecule has 2 N–H and O–H groups in total. The predicted octanol–water partition coefficient (Wildman–Crippen LogP) is 3.93. The Hall–Kier alpha value is -2.73. The summed E-state index contributed by atoms with van der Waals surface area (Å²) in [7, 11) is 0. The average Bonchev–Trinajstić information content (AvgIpc) is 3.09. The van der Waals surface area contributed by atoms with Gasteiger partial charge in [-0.05, 0) is 36.4 Å². The summed E-state index contributed by atoms with van der Waals surface area (Å²) in [6.07, 6.45) is 3.39. The number of H-pyrrole nitrogens is 1. The van der Waals surface area contributed by atoms with Crippen LogP contribution in [0.4, 0.5) is 5.69 Å². The summed E-state index contributed by atoms with van der Waals surface area (Å²) in [6, 6.07) is 16.8. The molecule has 2 aromatic carbocycles. The number of nitrogens with zero attached hydrogens (tertiary/aromatic N) is 1. The van der Waals surface area contributed by atoms with E-state index in [2.05, 4.69) is 15.3 Å². The zero-order valence-corrected chi connectivity index (χ0v) is 13.0. The van der Waals surface area contributed by atoms with E-state index in [0.29, 0.717) is 5.75 Å². The number of carbonyl (C=O) groups excluding carboxylic acids is 1. The topological polar surface area (TPSA) is 67.0 Å². The Balaban J connectivity index is 1.51. The molecule has 0 bridgehead atoms. The lowest BCUT2D eigenvalue weighted by Crippen LogP contribution is -2.13. The maximum Gasteiger partial charge on any atom is 0.234 e. The predicted molar refractivity (Wildman–Crippen MR) is 90.9 cm³/mol. The van der Waals surface area contributed by atoms with Crippen molar-refractivity contribution in [1.82, 2.24) is 9.97 Å². The monoisotopic (exact) mass is 325 g/mol. The Morgan fingerprint density at radius 3 is 2.52 bits per heavy atom. The standard InChI is InChI=1S/C17H15N3O2S/c21-16(12-23-17-18-10-11-19-17)20-13-6-8-15(9-7-13)22-14-4-2-1-3-5-14/h1-11H,12H2,(H,18,19)(H,20,21). The van der Waals surface area contributed by atoms with Crippen molar-refractivity contribution in [2.45, 2.75) is 5.16 Å². The van der Waals surface area contributed by atoms with Gasteiger partial charge in [0.15, 0.2) is 5.16 Å². The number of thioether (sulfide) groups is 1. The van der Waals surface area contributed by atoms with Crippen LogP contribution in [0.15, 0.2) is 72.1 Å². The molecule has 116 valence electrons. The summed E-state index contributed by atoms with van der Waals surface area (Å²) in [5, 5.41) is 3.57. The van der Waals surface area contributed by atoms with Crippen LogP contribution in [0.25, 0.3) is 0 Å². The number of aromatic amines is 1. The summed E-state index contributed by atoms with van der Waals surface area (Å²) >= 11 is 1.36. The van der Waals surface area contributed by atoms with Crippen LogP contribution in [0, 0.1) is 0 Å². The number of ether oxygens (including phenoxy) is 1. The van der Waals surface area contributed by atoms with E-state index >= 15 is 0 Å². The molecule has 0 saturated heterocycles. The Morgan fingerprint density at radius 2 is 1.83 bits per heavy atom. The third-order valence-electron chi connectivity index (χ3n) is 2.93. The fraction of sp³-hybridized carbons (Fsp3) is 0.0588. The highest BCUT2D eigenvalue weighted by atomic mass is 32.2. The second-order valence-corrected chi connectivity index (χ2v) is 5.63. The maximum absolute atomic E-state index is 11.9. The van der Waals surface area contributed by atoms with Gasteiger partial charge >= 0.3 is 0 Å². The summed E-state index contributed by atoms with van der Waals surface area (Å²) in [5.74, 6) is 1.72. The van der Waals surface area contributed by atoms with Gasteiger partial charge in [-0.1, -0.05) is 30.0 Å². The lowest BCUT2D eigenvalue weighted by Gasteiger charge is -2.07. The van der Waals surface area contributed by atoms with Gasteiger partial charge in [-0.2, -0.15) is 0 Å². The van der Waals surface area contributed by atoms with Crippen LogP contribution in [0.3, 0.4) is 0 Å². The minimum absolute atomic E-state index is 0.0804. The maximum atomic E-state index is 11.9. The number of imidazole rings is 1. The van der Waals surface area contributed by atoms with Crippen molar-refractivity contribution < 1.29 is 9.53 Å². The molecule has 0 saturated carbocycles. The third kappa shape index (κ3) is 4.62. The Labute approximate surface area is 138 Å². The molecular weight excluding hydrogens is 310 g/mol. The largest absolute Gasteiger partial charge is 0.457 e. The van der Waals surface area contributed by atoms with Crippen molar-refractivity contribution >= 4 is 23.4 Å². The van der Waals surface area contributed by atoms with E-state index in [1.54, 1.807) is 12.4 Å². The first-order chi connectivity index (χ1) is 11.3. The van der Waals surface area contributed by atoms with Crippen molar-refractivity contribution in [2.75, 3.05) is 11.1 Å². The van der Waals surface area contributed by atoms with Gasteiger partial charge in [0.25, 0.3) is 0 Å². The molecule has 0 atom stereocenters. The SMILES string of the molecule is O=C(CSc1ncc[nH]1)Nc1ccc(Oc2ccccc2)cc1. The zero-order chi connectivity index (χ0) is 15.9. The van der Waals surface area contributed by atoms with Crippen molar-refractivity contribution in [3.05, 3.63) is 67.0 Å². The summed E-state index contributed by atoms with van der Waals surface area (Å²) in [5.41, 5.74) is 0.732. The number of para-hydroxylation sites is 1. The summed E-state index contributed by atoms with van der Waals surface area (Å²) in [6.45, 7) is 0. The average molecular weight is 325 g/mol. The number of amides is 1. The molecule has 0 aliphatic rings. The van der Waals surface area contributed by atoms with Gasteiger partial charge in [0.2, 0.25) is 5.91 Å². The second-order valence-electron chi connectivity index (χ2n) is 4.67. The molecular formula is C17H15N3O2S. The number of hydrogen-bond acceptors (Lipinski definition) is 4. The van der Waals surface area contributed by atoms with Crippen LogP contribution in [0.5, 0.6) is 11.5 Å². The van der Waals surface area contributed by atoms with E-state index in [4.69, 9.17) is 4.74 Å². The van der Waals surface area contributed by atoms with Crippen LogP contribution in [-0.2, 0) is 4.79 Å². The minimum Gasteiger partial charge on any atom is -0.457 e. The highest BCUT2D eigenvalue weighted by Crippen LogP contribution is 2.22. The molecule has 0 fully saturated rings. The van der Waals surface area contributed by atoms with Gasteiger partial charge in [0.05, 0.1) is 5.75 Å². The number of anilines is 1. The van der Waals surface area contributed by atoms with E-state index in [-0.39, 0.29) is 5.91 Å². The second kappa shape index (κ2) is 7.51. The third-order valence-corrected chi connectivity index (χ3v) is 3.83. The Kier molecular flexibility index (Phi) is 4.95. The fourth-order valence-electron chi connectivity index (χ4n) is 1.89. The molecule has 1 heterocycles. The fourth-order valence-corrected chi connectivity index (χ4v) is 2.52. The van der Waals surface area contributed by atoms with Crippen LogP contribution >= 0.6 is 11.8 Å².